The van der Waals surface area contributed by atoms with Gasteiger partial charge >= 0.3 is 0 Å². The molecule has 0 amide bonds. The highest BCUT2D eigenvalue weighted by Crippen LogP contribution is 2.43. The molecule has 0 aliphatic carbocycles. The lowest BCUT2D eigenvalue weighted by Gasteiger charge is -2.45. The Hall–Kier alpha value is -2.26. The predicted octanol–water partition coefficient (Wildman–Crippen LogP) is 3.86. The monoisotopic (exact) mass is 296 g/mol. The number of halogens is 1. The van der Waals surface area contributed by atoms with Crippen LogP contribution in [0.3, 0.4) is 0 Å². The van der Waals surface area contributed by atoms with Crippen molar-refractivity contribution in [1.29, 1.82) is 0 Å². The Morgan fingerprint density at radius 2 is 1.71 bits per heavy atom. The maximum absolute atomic E-state index is 12.3. The topological polar surface area (TPSA) is 36.1 Å². The number of nitrogens with one attached hydrogen (secondary N) is 1. The molecular weight excluding hydrogens is 284 g/mol. The van der Waals surface area contributed by atoms with Crippen LogP contribution in [0.4, 0.5) is 5.69 Å². The van der Waals surface area contributed by atoms with Crippen molar-refractivity contribution in [3.05, 3.63) is 66.4 Å². The van der Waals surface area contributed by atoms with Gasteiger partial charge < -0.3 is 9.88 Å². The van der Waals surface area contributed by atoms with Crippen molar-refractivity contribution in [2.45, 2.75) is 11.5 Å². The molecule has 1 saturated heterocycles. The molecule has 0 spiro atoms. The number of para-hydroxylation sites is 2. The molecule has 0 bridgehead atoms. The van der Waals surface area contributed by atoms with E-state index in [1.54, 1.807) is 0 Å². The summed E-state index contributed by atoms with van der Waals surface area (Å²) in [7, 11) is 0. The zero-order chi connectivity index (χ0) is 14.4. The van der Waals surface area contributed by atoms with Gasteiger partial charge in [-0.2, -0.15) is 0 Å². The van der Waals surface area contributed by atoms with Gasteiger partial charge in [-0.1, -0.05) is 48.0 Å². The quantitative estimate of drug-likeness (QED) is 0.576. The van der Waals surface area contributed by atoms with E-state index in [0.717, 1.165) is 22.2 Å². The third-order valence-electron chi connectivity index (χ3n) is 4.00. The van der Waals surface area contributed by atoms with Gasteiger partial charge in [0.2, 0.25) is 0 Å². The number of Topliss-reactive ketones (excluding diaryl/α,β-unsaturated/α-hetero) is 1. The van der Waals surface area contributed by atoms with Crippen LogP contribution in [0.2, 0.25) is 0 Å². The summed E-state index contributed by atoms with van der Waals surface area (Å²) in [5.41, 5.74) is 2.39. The molecule has 104 valence electrons. The molecule has 2 aromatic carbocycles. The minimum Gasteiger partial charge on any atom is -0.361 e. The molecule has 3 nitrogen and oxygen atoms in total. The number of anilines is 1. The number of benzene rings is 2. The summed E-state index contributed by atoms with van der Waals surface area (Å²) in [6.07, 6.45) is 1.91. The third kappa shape index (κ3) is 1.78. The number of carbonyl (C=O) groups is 1. The Bertz CT molecular complexity index is 812. The van der Waals surface area contributed by atoms with Crippen LogP contribution >= 0.6 is 11.6 Å². The molecule has 3 aromatic rings. The number of carbonyl (C=O) groups excluding carboxylic acids is 1. The van der Waals surface area contributed by atoms with Crippen LogP contribution < -0.4 is 4.90 Å². The van der Waals surface area contributed by atoms with Gasteiger partial charge in [0.15, 0.2) is 11.3 Å². The minimum atomic E-state index is -0.592. The smallest absolute Gasteiger partial charge is 0.197 e. The first-order valence-electron chi connectivity index (χ1n) is 6.84. The number of alkyl halides is 1. The van der Waals surface area contributed by atoms with E-state index >= 15 is 0 Å². The van der Waals surface area contributed by atoms with E-state index in [-0.39, 0.29) is 11.8 Å². The first kappa shape index (κ1) is 12.5. The van der Waals surface area contributed by atoms with E-state index in [4.69, 9.17) is 11.6 Å². The summed E-state index contributed by atoms with van der Waals surface area (Å²) in [4.78, 5) is 17.5. The molecule has 1 aliphatic heterocycles. The highest BCUT2D eigenvalue weighted by molar-refractivity contribution is 6.37. The van der Waals surface area contributed by atoms with Crippen LogP contribution in [-0.4, -0.2) is 16.3 Å². The first-order chi connectivity index (χ1) is 10.3. The van der Waals surface area contributed by atoms with E-state index in [1.807, 2.05) is 65.7 Å². The van der Waals surface area contributed by atoms with Crippen molar-refractivity contribution >= 4 is 34.0 Å². The van der Waals surface area contributed by atoms with Gasteiger partial charge in [0.05, 0.1) is 0 Å². The number of nitrogens with zero attached hydrogens (tertiary/aromatic N) is 1. The highest BCUT2D eigenvalue weighted by atomic mass is 35.5. The Labute approximate surface area is 127 Å². The second-order valence-corrected chi connectivity index (χ2v) is 5.59. The van der Waals surface area contributed by atoms with Gasteiger partial charge in [-0.25, -0.2) is 0 Å². The average Bonchev–Trinajstić information content (AvgIpc) is 2.96. The molecule has 2 atom stereocenters. The molecule has 1 aliphatic rings. The van der Waals surface area contributed by atoms with Crippen molar-refractivity contribution in [3.63, 3.8) is 0 Å². The summed E-state index contributed by atoms with van der Waals surface area (Å²) in [5.74, 6) is 0.0465. The standard InChI is InChI=1S/C17H13ClN2O/c18-17-16(21)15(20(17)11-6-2-1-3-7-11)13-10-19-14-9-5-4-8-12(13)14/h1-10,15,17,19H/t15-,17-/m1/s1. The van der Waals surface area contributed by atoms with Crippen molar-refractivity contribution in [1.82, 2.24) is 4.98 Å². The van der Waals surface area contributed by atoms with Crippen molar-refractivity contribution in [2.24, 2.45) is 0 Å². The van der Waals surface area contributed by atoms with E-state index in [2.05, 4.69) is 4.98 Å². The van der Waals surface area contributed by atoms with Crippen molar-refractivity contribution < 1.29 is 4.79 Å². The summed E-state index contributed by atoms with van der Waals surface area (Å²) >= 11 is 6.23. The summed E-state index contributed by atoms with van der Waals surface area (Å²) in [6.45, 7) is 0. The van der Waals surface area contributed by atoms with Crippen molar-refractivity contribution in [3.8, 4) is 0 Å². The number of H-pyrrole nitrogens is 1. The maximum Gasteiger partial charge on any atom is 0.197 e. The number of aromatic nitrogens is 1. The Kier molecular flexibility index (Phi) is 2.76. The number of ketones is 1. The Morgan fingerprint density at radius 3 is 2.52 bits per heavy atom. The van der Waals surface area contributed by atoms with Crippen LogP contribution in [0, 0.1) is 0 Å². The van der Waals surface area contributed by atoms with E-state index in [0.29, 0.717) is 0 Å². The average molecular weight is 297 g/mol. The lowest BCUT2D eigenvalue weighted by molar-refractivity contribution is -0.124. The van der Waals surface area contributed by atoms with Crippen LogP contribution in [0.15, 0.2) is 60.8 Å². The maximum atomic E-state index is 12.3. The number of aromatic amines is 1. The van der Waals surface area contributed by atoms with Gasteiger partial charge in [0, 0.05) is 28.4 Å². The molecule has 1 N–H and O–H groups in total. The number of rotatable bonds is 2. The Morgan fingerprint density at radius 1 is 1.00 bits per heavy atom. The molecule has 4 rings (SSSR count). The van der Waals surface area contributed by atoms with Crippen LogP contribution in [0.25, 0.3) is 10.9 Å². The number of hydrogen-bond donors (Lipinski definition) is 1. The Balaban J connectivity index is 1.81. The van der Waals surface area contributed by atoms with Gasteiger partial charge in [0.25, 0.3) is 0 Å². The van der Waals surface area contributed by atoms with E-state index in [1.165, 1.54) is 0 Å². The van der Waals surface area contributed by atoms with Gasteiger partial charge in [-0.15, -0.1) is 0 Å². The first-order valence-corrected chi connectivity index (χ1v) is 7.28. The second-order valence-electron chi connectivity index (χ2n) is 5.17. The molecule has 1 fully saturated rings. The van der Waals surface area contributed by atoms with Crippen LogP contribution in [0.5, 0.6) is 0 Å². The van der Waals surface area contributed by atoms with E-state index < -0.39 is 5.50 Å². The van der Waals surface area contributed by atoms with Gasteiger partial charge in [0.1, 0.15) is 6.04 Å². The predicted molar refractivity (Wildman–Crippen MR) is 84.6 cm³/mol. The second kappa shape index (κ2) is 4.64. The van der Waals surface area contributed by atoms with Gasteiger partial charge in [-0.05, 0) is 18.2 Å². The molecular formula is C17H13ClN2O. The fourth-order valence-electron chi connectivity index (χ4n) is 2.96. The zero-order valence-electron chi connectivity index (χ0n) is 11.2. The molecule has 0 saturated carbocycles. The fraction of sp³-hybridized carbons (Fsp3) is 0.118. The molecule has 2 heterocycles. The summed E-state index contributed by atoms with van der Waals surface area (Å²) in [6, 6.07) is 17.5. The third-order valence-corrected chi connectivity index (χ3v) is 4.42. The lowest BCUT2D eigenvalue weighted by Crippen LogP contribution is -2.56. The molecule has 0 radical (unpaired) electrons. The number of hydrogen-bond acceptors (Lipinski definition) is 2. The van der Waals surface area contributed by atoms with Crippen LogP contribution in [0.1, 0.15) is 11.6 Å². The van der Waals surface area contributed by atoms with Crippen LogP contribution in [-0.2, 0) is 4.79 Å². The molecule has 4 heteroatoms. The molecule has 0 unspecified atom stereocenters. The normalized spacial score (nSPS) is 21.6. The zero-order valence-corrected chi connectivity index (χ0v) is 11.9. The van der Waals surface area contributed by atoms with Crippen molar-refractivity contribution in [2.75, 3.05) is 4.90 Å². The SMILES string of the molecule is O=C1[C@H](Cl)N(c2ccccc2)[C@@H]1c1c[nH]c2ccccc12. The number of fused-ring (bicyclic) bond motifs is 1. The largest absolute Gasteiger partial charge is 0.361 e. The molecule has 21 heavy (non-hydrogen) atoms. The minimum absolute atomic E-state index is 0.0465. The fourth-order valence-corrected chi connectivity index (χ4v) is 3.30. The molecule has 1 aromatic heterocycles. The van der Waals surface area contributed by atoms with Gasteiger partial charge in [-0.3, -0.25) is 4.79 Å². The summed E-state index contributed by atoms with van der Waals surface area (Å²) < 4.78 is 0. The highest BCUT2D eigenvalue weighted by Gasteiger charge is 2.48. The van der Waals surface area contributed by atoms with E-state index in [9.17, 15) is 4.79 Å². The summed E-state index contributed by atoms with van der Waals surface area (Å²) in [5, 5.41) is 1.07. The lowest BCUT2D eigenvalue weighted by atomic mass is 9.92.